The molecule has 0 aliphatic carbocycles. The van der Waals surface area contributed by atoms with Crippen LogP contribution in [0.25, 0.3) is 111 Å². The molecule has 0 fully saturated rings. The molecule has 0 saturated heterocycles. The number of hydrogen-bond donors (Lipinski definition) is 0. The number of nitrogens with zero attached hydrogens (tertiary/aromatic N) is 3. The van der Waals surface area contributed by atoms with Gasteiger partial charge in [0.15, 0.2) is 17.5 Å². The van der Waals surface area contributed by atoms with Gasteiger partial charge in [0, 0.05) is 38.2 Å². The molecule has 56 heavy (non-hydrogen) atoms. The molecule has 3 heterocycles. The second-order valence-electron chi connectivity index (χ2n) is 14.0. The van der Waals surface area contributed by atoms with Crippen molar-refractivity contribution in [3.63, 3.8) is 0 Å². The van der Waals surface area contributed by atoms with Gasteiger partial charge in [0.1, 0.15) is 22.3 Å². The van der Waals surface area contributed by atoms with Gasteiger partial charge in [0.2, 0.25) is 0 Å². The molecule has 0 N–H and O–H groups in total. The normalized spacial score (nSPS) is 11.6. The third-order valence-electron chi connectivity index (χ3n) is 10.5. The molecule has 11 aromatic rings. The summed E-state index contributed by atoms with van der Waals surface area (Å²) in [6.07, 6.45) is 0. The molecule has 0 atom stereocenters. The minimum atomic E-state index is 0.570. The topological polar surface area (TPSA) is 65.0 Å². The van der Waals surface area contributed by atoms with E-state index in [9.17, 15) is 0 Å². The first kappa shape index (κ1) is 31.9. The molecule has 8 aromatic carbocycles. The molecule has 0 amide bonds. The van der Waals surface area contributed by atoms with E-state index in [-0.39, 0.29) is 0 Å². The van der Waals surface area contributed by atoms with Crippen LogP contribution in [0, 0.1) is 0 Å². The average molecular weight is 718 g/mol. The molecular formula is C51H31N3O2. The van der Waals surface area contributed by atoms with E-state index in [0.717, 1.165) is 93.9 Å². The quantitative estimate of drug-likeness (QED) is 0.171. The number of furan rings is 2. The van der Waals surface area contributed by atoms with Crippen LogP contribution in [-0.2, 0) is 0 Å². The van der Waals surface area contributed by atoms with Crippen LogP contribution in [0.2, 0.25) is 0 Å². The van der Waals surface area contributed by atoms with E-state index in [1.54, 1.807) is 0 Å². The fraction of sp³-hybridized carbons (Fsp3) is 0. The molecular weight excluding hydrogens is 687 g/mol. The summed E-state index contributed by atoms with van der Waals surface area (Å²) in [6.45, 7) is 0. The van der Waals surface area contributed by atoms with Gasteiger partial charge in [-0.25, -0.2) is 15.0 Å². The van der Waals surface area contributed by atoms with Gasteiger partial charge in [0.05, 0.1) is 0 Å². The number of benzene rings is 8. The Balaban J connectivity index is 1.06. The molecule has 0 radical (unpaired) electrons. The van der Waals surface area contributed by atoms with Crippen molar-refractivity contribution < 1.29 is 8.83 Å². The summed E-state index contributed by atoms with van der Waals surface area (Å²) in [7, 11) is 0. The first-order valence-corrected chi connectivity index (χ1v) is 18.7. The molecule has 11 rings (SSSR count). The van der Waals surface area contributed by atoms with Gasteiger partial charge < -0.3 is 8.83 Å². The number of hydrogen-bond acceptors (Lipinski definition) is 5. The largest absolute Gasteiger partial charge is 0.456 e. The lowest BCUT2D eigenvalue weighted by Crippen LogP contribution is -2.00. The van der Waals surface area contributed by atoms with Crippen LogP contribution >= 0.6 is 0 Å². The summed E-state index contributed by atoms with van der Waals surface area (Å²) in [4.78, 5) is 15.3. The standard InChI is InChI=1S/C51H31N3O2/c1-3-12-32(13-4-1)34-16-9-18-37(28-34)49-52-50(38-19-10-17-35(29-38)33-14-5-2-6-15-33)54-51(53-49)39-24-26-42-47(31-39)56-46-23-11-21-40(48(42)46)36-25-27-45-43(30-36)41-20-7-8-22-44(41)55-45/h1-31H. The fourth-order valence-corrected chi connectivity index (χ4v) is 7.80. The van der Waals surface area contributed by atoms with Gasteiger partial charge in [-0.2, -0.15) is 0 Å². The maximum atomic E-state index is 6.59. The highest BCUT2D eigenvalue weighted by atomic mass is 16.3. The Kier molecular flexibility index (Phi) is 7.42. The van der Waals surface area contributed by atoms with E-state index in [2.05, 4.69) is 152 Å². The number of para-hydroxylation sites is 1. The van der Waals surface area contributed by atoms with Crippen molar-refractivity contribution >= 4 is 43.9 Å². The first-order valence-electron chi connectivity index (χ1n) is 18.7. The zero-order valence-electron chi connectivity index (χ0n) is 30.1. The Labute approximate surface area is 322 Å². The van der Waals surface area contributed by atoms with E-state index < -0.39 is 0 Å². The summed E-state index contributed by atoms with van der Waals surface area (Å²) < 4.78 is 12.7. The van der Waals surface area contributed by atoms with Crippen molar-refractivity contribution in [3.8, 4) is 67.5 Å². The molecule has 5 nitrogen and oxygen atoms in total. The molecule has 0 aliphatic heterocycles. The summed E-state index contributed by atoms with van der Waals surface area (Å²) in [6, 6.07) is 64.6. The Morgan fingerprint density at radius 3 is 1.45 bits per heavy atom. The zero-order valence-corrected chi connectivity index (χ0v) is 30.1. The highest BCUT2D eigenvalue weighted by Gasteiger charge is 2.18. The number of rotatable bonds is 6. The smallest absolute Gasteiger partial charge is 0.164 e. The van der Waals surface area contributed by atoms with E-state index in [0.29, 0.717) is 17.5 Å². The molecule has 3 aromatic heterocycles. The van der Waals surface area contributed by atoms with Crippen molar-refractivity contribution in [1.29, 1.82) is 0 Å². The van der Waals surface area contributed by atoms with E-state index >= 15 is 0 Å². The van der Waals surface area contributed by atoms with E-state index in [1.807, 2.05) is 36.4 Å². The van der Waals surface area contributed by atoms with Gasteiger partial charge in [-0.15, -0.1) is 0 Å². The maximum absolute atomic E-state index is 6.59. The molecule has 5 heteroatoms. The van der Waals surface area contributed by atoms with Crippen LogP contribution in [-0.4, -0.2) is 15.0 Å². The van der Waals surface area contributed by atoms with Crippen molar-refractivity contribution in [2.24, 2.45) is 0 Å². The lowest BCUT2D eigenvalue weighted by Gasteiger charge is -2.11. The van der Waals surface area contributed by atoms with Crippen molar-refractivity contribution in [3.05, 3.63) is 188 Å². The Morgan fingerprint density at radius 1 is 0.268 bits per heavy atom. The minimum Gasteiger partial charge on any atom is -0.456 e. The minimum absolute atomic E-state index is 0.570. The van der Waals surface area contributed by atoms with Crippen LogP contribution in [0.5, 0.6) is 0 Å². The molecule has 0 bridgehead atoms. The zero-order chi connectivity index (χ0) is 37.0. The SMILES string of the molecule is c1ccc(-c2cccc(-c3nc(-c4cccc(-c5ccccc5)c4)nc(-c4ccc5c(c4)oc4cccc(-c6ccc7oc8ccccc8c7c6)c45)n3)c2)cc1. The number of aromatic nitrogens is 3. The van der Waals surface area contributed by atoms with Crippen LogP contribution in [0.3, 0.4) is 0 Å². The molecule has 0 spiro atoms. The maximum Gasteiger partial charge on any atom is 0.164 e. The van der Waals surface area contributed by atoms with Gasteiger partial charge in [-0.05, 0) is 81.9 Å². The summed E-state index contributed by atoms with van der Waals surface area (Å²) in [5, 5.41) is 4.29. The third-order valence-corrected chi connectivity index (χ3v) is 10.5. The lowest BCUT2D eigenvalue weighted by molar-refractivity contribution is 0.669. The summed E-state index contributed by atoms with van der Waals surface area (Å²) in [5.41, 5.74) is 12.7. The molecule has 0 unspecified atom stereocenters. The van der Waals surface area contributed by atoms with Gasteiger partial charge in [-0.3, -0.25) is 0 Å². The summed E-state index contributed by atoms with van der Waals surface area (Å²) in [5.74, 6) is 1.77. The van der Waals surface area contributed by atoms with E-state index in [4.69, 9.17) is 23.8 Å². The lowest BCUT2D eigenvalue weighted by atomic mass is 9.97. The van der Waals surface area contributed by atoms with Crippen molar-refractivity contribution in [1.82, 2.24) is 15.0 Å². The number of fused-ring (bicyclic) bond motifs is 6. The van der Waals surface area contributed by atoms with Crippen LogP contribution < -0.4 is 0 Å². The molecule has 0 aliphatic rings. The van der Waals surface area contributed by atoms with Gasteiger partial charge in [-0.1, -0.05) is 140 Å². The molecule has 262 valence electrons. The van der Waals surface area contributed by atoms with Crippen LogP contribution in [0.1, 0.15) is 0 Å². The van der Waals surface area contributed by atoms with Gasteiger partial charge in [0.25, 0.3) is 0 Å². The van der Waals surface area contributed by atoms with Crippen molar-refractivity contribution in [2.45, 2.75) is 0 Å². The first-order chi connectivity index (χ1) is 27.7. The monoisotopic (exact) mass is 717 g/mol. The Hall–Kier alpha value is -7.63. The molecule has 0 saturated carbocycles. The predicted molar refractivity (Wildman–Crippen MR) is 227 cm³/mol. The third kappa shape index (κ3) is 5.53. The Bertz CT molecular complexity index is 3150. The second-order valence-corrected chi connectivity index (χ2v) is 14.0. The second kappa shape index (κ2) is 13.0. The highest BCUT2D eigenvalue weighted by molar-refractivity contribution is 6.14. The van der Waals surface area contributed by atoms with E-state index in [1.165, 1.54) is 0 Å². The van der Waals surface area contributed by atoms with Crippen molar-refractivity contribution in [2.75, 3.05) is 0 Å². The van der Waals surface area contributed by atoms with Gasteiger partial charge >= 0.3 is 0 Å². The average Bonchev–Trinajstić information content (AvgIpc) is 3.85. The summed E-state index contributed by atoms with van der Waals surface area (Å²) >= 11 is 0. The highest BCUT2D eigenvalue weighted by Crippen LogP contribution is 2.40. The fourth-order valence-electron chi connectivity index (χ4n) is 7.80. The van der Waals surface area contributed by atoms with Crippen LogP contribution in [0.4, 0.5) is 0 Å². The predicted octanol–water partition coefficient (Wildman–Crippen LogP) is 13.7. The Morgan fingerprint density at radius 2 is 0.768 bits per heavy atom. The van der Waals surface area contributed by atoms with Crippen LogP contribution in [0.15, 0.2) is 197 Å².